The van der Waals surface area contributed by atoms with E-state index in [0.29, 0.717) is 18.8 Å². The molecule has 3 N–H and O–H groups in total. The monoisotopic (exact) mass is 329 g/mol. The van der Waals surface area contributed by atoms with Gasteiger partial charge in [-0.1, -0.05) is 56.5 Å². The average Bonchev–Trinajstić information content (AvgIpc) is 2.59. The van der Waals surface area contributed by atoms with Gasteiger partial charge < -0.3 is 11.1 Å². The van der Waals surface area contributed by atoms with Gasteiger partial charge in [0.15, 0.2) is 0 Å². The van der Waals surface area contributed by atoms with Crippen molar-refractivity contribution in [3.63, 3.8) is 0 Å². The molecule has 0 spiro atoms. The van der Waals surface area contributed by atoms with Crippen LogP contribution >= 0.6 is 0 Å². The average molecular weight is 329 g/mol. The molecule has 4 nitrogen and oxygen atoms in total. The van der Waals surface area contributed by atoms with Crippen LogP contribution in [0.4, 0.5) is 0 Å². The second kappa shape index (κ2) is 9.45. The number of nitrogens with zero attached hydrogens (tertiary/aromatic N) is 1. The van der Waals surface area contributed by atoms with Crippen molar-refractivity contribution < 1.29 is 4.79 Å². The number of amidine groups is 1. The molecule has 1 fully saturated rings. The van der Waals surface area contributed by atoms with E-state index in [2.05, 4.69) is 29.4 Å². The Morgan fingerprint density at radius 2 is 2.00 bits per heavy atom. The van der Waals surface area contributed by atoms with Crippen molar-refractivity contribution in [1.29, 1.82) is 0 Å². The number of amides is 1. The van der Waals surface area contributed by atoms with E-state index in [9.17, 15) is 4.79 Å². The molecule has 0 radical (unpaired) electrons. The summed E-state index contributed by atoms with van der Waals surface area (Å²) < 4.78 is 0. The molecule has 132 valence electrons. The van der Waals surface area contributed by atoms with Crippen molar-refractivity contribution in [2.24, 2.45) is 22.6 Å². The molecule has 0 saturated heterocycles. The number of rotatable bonds is 7. The molecular weight excluding hydrogens is 298 g/mol. The Hall–Kier alpha value is -1.84. The number of carbonyl (C=O) groups excluding carboxylic acids is 1. The van der Waals surface area contributed by atoms with Gasteiger partial charge in [-0.15, -0.1) is 0 Å². The predicted octanol–water partition coefficient (Wildman–Crippen LogP) is 3.83. The van der Waals surface area contributed by atoms with Crippen LogP contribution in [-0.4, -0.2) is 18.8 Å². The second-order valence-electron chi connectivity index (χ2n) is 7.01. The highest BCUT2D eigenvalue weighted by Gasteiger charge is 2.24. The lowest BCUT2D eigenvalue weighted by Crippen LogP contribution is -2.33. The molecular formula is C20H31N3O. The number of carbonyl (C=O) groups is 1. The molecule has 0 aliphatic heterocycles. The van der Waals surface area contributed by atoms with Crippen LogP contribution in [0.25, 0.3) is 0 Å². The van der Waals surface area contributed by atoms with Gasteiger partial charge in [-0.25, -0.2) is 0 Å². The first kappa shape index (κ1) is 18.5. The first-order valence-electron chi connectivity index (χ1n) is 9.15. The minimum Gasteiger partial charge on any atom is -0.370 e. The molecule has 1 aliphatic rings. The van der Waals surface area contributed by atoms with Crippen LogP contribution in [0.15, 0.2) is 35.3 Å². The summed E-state index contributed by atoms with van der Waals surface area (Å²) in [4.78, 5) is 15.7. The van der Waals surface area contributed by atoms with E-state index in [4.69, 9.17) is 5.73 Å². The molecule has 3 atom stereocenters. The Labute approximate surface area is 145 Å². The molecule has 2 rings (SSSR count). The van der Waals surface area contributed by atoms with Gasteiger partial charge in [-0.3, -0.25) is 9.79 Å². The van der Waals surface area contributed by atoms with Crippen molar-refractivity contribution in [2.45, 2.75) is 57.9 Å². The van der Waals surface area contributed by atoms with E-state index < -0.39 is 0 Å². The van der Waals surface area contributed by atoms with E-state index in [-0.39, 0.29) is 11.9 Å². The number of hydrogen-bond donors (Lipinski definition) is 2. The van der Waals surface area contributed by atoms with Crippen LogP contribution in [-0.2, 0) is 4.79 Å². The zero-order chi connectivity index (χ0) is 17.4. The Morgan fingerprint density at radius 1 is 1.29 bits per heavy atom. The minimum atomic E-state index is -0.256. The lowest BCUT2D eigenvalue weighted by atomic mass is 9.78. The van der Waals surface area contributed by atoms with E-state index in [0.717, 1.165) is 18.2 Å². The summed E-state index contributed by atoms with van der Waals surface area (Å²) in [5.74, 6) is 2.26. The number of aliphatic imine (C=N–C) groups is 1. The fraction of sp³-hybridized carbons (Fsp3) is 0.600. The third-order valence-electron chi connectivity index (χ3n) is 5.24. The number of nitrogens with two attached hydrogens (primary N) is 1. The van der Waals surface area contributed by atoms with Crippen LogP contribution in [0.2, 0.25) is 0 Å². The Kier molecular flexibility index (Phi) is 7.29. The third-order valence-corrected chi connectivity index (χ3v) is 5.24. The topological polar surface area (TPSA) is 67.5 Å². The molecule has 1 aromatic carbocycles. The van der Waals surface area contributed by atoms with Gasteiger partial charge in [0.2, 0.25) is 5.91 Å². The highest BCUT2D eigenvalue weighted by molar-refractivity contribution is 5.83. The molecule has 4 heteroatoms. The fourth-order valence-corrected chi connectivity index (χ4v) is 3.65. The van der Waals surface area contributed by atoms with Gasteiger partial charge in [-0.2, -0.15) is 0 Å². The maximum atomic E-state index is 11.2. The quantitative estimate of drug-likeness (QED) is 0.590. The van der Waals surface area contributed by atoms with Crippen molar-refractivity contribution in [3.8, 4) is 0 Å². The standard InChI is InChI=1S/C20H31N3O/c1-15-8-6-7-11-17(15)14-20(22-2)23-18(12-13-19(21)24)16-9-4-3-5-10-16/h3-5,9-10,15,17-18H,6-8,11-14H2,1-2H3,(H2,21,24)(H,22,23)/t15?,17?,18-/m1/s1. The number of nitrogens with one attached hydrogen (secondary N) is 1. The molecule has 2 unspecified atom stereocenters. The molecule has 1 saturated carbocycles. The Bertz CT molecular complexity index is 541. The molecule has 24 heavy (non-hydrogen) atoms. The summed E-state index contributed by atoms with van der Waals surface area (Å²) in [6.07, 6.45) is 7.37. The van der Waals surface area contributed by atoms with Crippen LogP contribution in [0.3, 0.4) is 0 Å². The van der Waals surface area contributed by atoms with Gasteiger partial charge in [-0.05, 0) is 30.2 Å². The predicted molar refractivity (Wildman–Crippen MR) is 99.8 cm³/mol. The molecule has 1 amide bonds. The molecule has 1 aliphatic carbocycles. The lowest BCUT2D eigenvalue weighted by Gasteiger charge is -2.30. The minimum absolute atomic E-state index is 0.0799. The Morgan fingerprint density at radius 3 is 2.62 bits per heavy atom. The van der Waals surface area contributed by atoms with Crippen LogP contribution in [0.1, 0.15) is 63.5 Å². The van der Waals surface area contributed by atoms with Gasteiger partial charge in [0.25, 0.3) is 0 Å². The summed E-state index contributed by atoms with van der Waals surface area (Å²) in [7, 11) is 1.85. The smallest absolute Gasteiger partial charge is 0.217 e. The zero-order valence-electron chi connectivity index (χ0n) is 15.0. The first-order valence-corrected chi connectivity index (χ1v) is 9.15. The van der Waals surface area contributed by atoms with Crippen LogP contribution in [0.5, 0.6) is 0 Å². The van der Waals surface area contributed by atoms with Gasteiger partial charge >= 0.3 is 0 Å². The maximum Gasteiger partial charge on any atom is 0.217 e. The summed E-state index contributed by atoms with van der Waals surface area (Å²) in [5.41, 5.74) is 6.53. The molecule has 1 aromatic rings. The maximum absolute atomic E-state index is 11.2. The summed E-state index contributed by atoms with van der Waals surface area (Å²) in [6, 6.07) is 10.3. The zero-order valence-corrected chi connectivity index (χ0v) is 15.0. The lowest BCUT2D eigenvalue weighted by molar-refractivity contribution is -0.118. The summed E-state index contributed by atoms with van der Waals surface area (Å²) >= 11 is 0. The van der Waals surface area contributed by atoms with Crippen molar-refractivity contribution in [1.82, 2.24) is 5.32 Å². The Balaban J connectivity index is 2.03. The number of primary amides is 1. The number of benzene rings is 1. The van der Waals surface area contributed by atoms with Gasteiger partial charge in [0, 0.05) is 19.9 Å². The van der Waals surface area contributed by atoms with Crippen molar-refractivity contribution >= 4 is 11.7 Å². The van der Waals surface area contributed by atoms with E-state index in [1.54, 1.807) is 0 Å². The first-order chi connectivity index (χ1) is 11.6. The summed E-state index contributed by atoms with van der Waals surface area (Å²) in [6.45, 7) is 2.36. The van der Waals surface area contributed by atoms with Crippen LogP contribution < -0.4 is 11.1 Å². The highest BCUT2D eigenvalue weighted by Crippen LogP contribution is 2.32. The van der Waals surface area contributed by atoms with Crippen molar-refractivity contribution in [3.05, 3.63) is 35.9 Å². The second-order valence-corrected chi connectivity index (χ2v) is 7.01. The highest BCUT2D eigenvalue weighted by atomic mass is 16.1. The summed E-state index contributed by atoms with van der Waals surface area (Å²) in [5, 5.41) is 3.59. The van der Waals surface area contributed by atoms with Gasteiger partial charge in [0.05, 0.1) is 11.9 Å². The van der Waals surface area contributed by atoms with E-state index >= 15 is 0 Å². The largest absolute Gasteiger partial charge is 0.370 e. The SMILES string of the molecule is CN=C(CC1CCCCC1C)N[C@H](CCC(N)=O)c1ccccc1. The third kappa shape index (κ3) is 5.66. The van der Waals surface area contributed by atoms with Crippen molar-refractivity contribution in [2.75, 3.05) is 7.05 Å². The molecule has 0 heterocycles. The normalized spacial score (nSPS) is 22.8. The molecule has 0 aromatic heterocycles. The molecule has 0 bridgehead atoms. The van der Waals surface area contributed by atoms with E-state index in [1.165, 1.54) is 31.2 Å². The van der Waals surface area contributed by atoms with Crippen LogP contribution in [0, 0.1) is 11.8 Å². The fourth-order valence-electron chi connectivity index (χ4n) is 3.65. The van der Waals surface area contributed by atoms with E-state index in [1.807, 2.05) is 25.2 Å². The van der Waals surface area contributed by atoms with Gasteiger partial charge in [0.1, 0.15) is 0 Å². The number of hydrogen-bond acceptors (Lipinski definition) is 2.